The zero-order valence-corrected chi connectivity index (χ0v) is 13.5. The fourth-order valence-electron chi connectivity index (χ4n) is 2.40. The van der Waals surface area contributed by atoms with Gasteiger partial charge in [0.05, 0.1) is 19.0 Å². The Morgan fingerprint density at radius 1 is 1.13 bits per heavy atom. The first-order valence-corrected chi connectivity index (χ1v) is 8.81. The van der Waals surface area contributed by atoms with Gasteiger partial charge in [0.15, 0.2) is 5.82 Å². The Labute approximate surface area is 136 Å². The largest absolute Gasteiger partial charge is 0.378 e. The molecule has 1 saturated heterocycles. The van der Waals surface area contributed by atoms with E-state index < -0.39 is 10.7 Å². The van der Waals surface area contributed by atoms with Crippen molar-refractivity contribution < 1.29 is 13.2 Å². The number of hydrogen-bond donors (Lipinski definition) is 1. The summed E-state index contributed by atoms with van der Waals surface area (Å²) in [4.78, 5) is 15.3. The maximum Gasteiger partial charge on any atom is 0.161 e. The molecule has 2 aromatic rings. The summed E-state index contributed by atoms with van der Waals surface area (Å²) in [6.45, 7) is 2.86. The Morgan fingerprint density at radius 2 is 1.87 bits per heavy atom. The third-order valence-electron chi connectivity index (χ3n) is 3.59. The lowest BCUT2D eigenvalue weighted by Gasteiger charge is -2.28. The molecule has 3 rings (SSSR count). The van der Waals surface area contributed by atoms with Crippen LogP contribution in [0.1, 0.15) is 5.69 Å². The van der Waals surface area contributed by atoms with Crippen molar-refractivity contribution in [1.29, 1.82) is 0 Å². The molecule has 0 radical (unpaired) electrons. The second-order valence-corrected chi connectivity index (χ2v) is 6.30. The summed E-state index contributed by atoms with van der Waals surface area (Å²) in [6.07, 6.45) is 3.76. The van der Waals surface area contributed by atoms with Gasteiger partial charge >= 0.3 is 0 Å². The van der Waals surface area contributed by atoms with Gasteiger partial charge in [-0.25, -0.2) is 18.4 Å². The van der Waals surface area contributed by atoms with Crippen molar-refractivity contribution in [3.05, 3.63) is 36.3 Å². The molecule has 1 aliphatic rings. The first kappa shape index (κ1) is 15.8. The first-order chi connectivity index (χ1) is 11.2. The summed E-state index contributed by atoms with van der Waals surface area (Å²) >= 11 is 0. The lowest BCUT2D eigenvalue weighted by atomic mass is 10.2. The van der Waals surface area contributed by atoms with Gasteiger partial charge in [-0.15, -0.1) is 0 Å². The van der Waals surface area contributed by atoms with Crippen molar-refractivity contribution >= 4 is 16.5 Å². The molecule has 0 aliphatic carbocycles. The van der Waals surface area contributed by atoms with Crippen LogP contribution >= 0.6 is 0 Å². The number of rotatable bonds is 5. The highest BCUT2D eigenvalue weighted by Crippen LogP contribution is 2.21. The Morgan fingerprint density at radius 3 is 2.57 bits per heavy atom. The van der Waals surface area contributed by atoms with E-state index in [2.05, 4.69) is 19.9 Å². The van der Waals surface area contributed by atoms with E-state index >= 15 is 0 Å². The molecule has 0 amide bonds. The summed E-state index contributed by atoms with van der Waals surface area (Å²) in [7, 11) is -2.42. The molecule has 1 fully saturated rings. The normalized spacial score (nSPS) is 15.1. The average molecular weight is 334 g/mol. The molecule has 7 nitrogen and oxygen atoms in total. The van der Waals surface area contributed by atoms with Gasteiger partial charge in [0.25, 0.3) is 0 Å². The van der Waals surface area contributed by atoms with Gasteiger partial charge in [-0.2, -0.15) is 0 Å². The van der Waals surface area contributed by atoms with Crippen molar-refractivity contribution in [2.75, 3.05) is 37.0 Å². The second-order valence-electron chi connectivity index (χ2n) is 5.18. The van der Waals surface area contributed by atoms with Crippen LogP contribution in [-0.4, -0.2) is 55.4 Å². The van der Waals surface area contributed by atoms with Gasteiger partial charge in [-0.3, -0.25) is 4.98 Å². The lowest BCUT2D eigenvalue weighted by Crippen LogP contribution is -2.37. The molecule has 0 saturated carbocycles. The third kappa shape index (κ3) is 4.23. The van der Waals surface area contributed by atoms with Gasteiger partial charge in [-0.1, -0.05) is 0 Å². The number of aryl methyl sites for hydroxylation is 1. The molecule has 0 atom stereocenters. The van der Waals surface area contributed by atoms with E-state index in [1.54, 1.807) is 12.4 Å². The third-order valence-corrected chi connectivity index (χ3v) is 4.18. The monoisotopic (exact) mass is 334 g/mol. The van der Waals surface area contributed by atoms with Gasteiger partial charge in [0, 0.05) is 49.2 Å². The molecule has 8 heteroatoms. The van der Waals surface area contributed by atoms with E-state index in [4.69, 9.17) is 4.74 Å². The number of pyridine rings is 1. The number of morpholine rings is 1. The van der Waals surface area contributed by atoms with Gasteiger partial charge in [0.1, 0.15) is 16.5 Å². The molecular formula is C15H18N4O3S. The molecule has 1 aliphatic heterocycles. The maximum absolute atomic E-state index is 10.9. The Hall–Kier alpha value is -2.06. The number of thiol groups is 1. The molecule has 0 N–H and O–H groups in total. The van der Waals surface area contributed by atoms with E-state index in [0.717, 1.165) is 30.2 Å². The highest BCUT2D eigenvalue weighted by Gasteiger charge is 2.15. The summed E-state index contributed by atoms with van der Waals surface area (Å²) in [5, 5.41) is 0. The highest BCUT2D eigenvalue weighted by atomic mass is 32.2. The number of aromatic nitrogens is 3. The van der Waals surface area contributed by atoms with Crippen LogP contribution in [-0.2, 0) is 21.9 Å². The standard InChI is InChI=1S/C15H18N4O3S/c20-23(21)10-3-13-11-14(19-6-8-22-9-7-19)18-15(17-13)12-1-4-16-5-2-12/h1-2,4-5,11,23H,3,6-10H2. The zero-order valence-electron chi connectivity index (χ0n) is 12.6. The Balaban J connectivity index is 1.95. The molecule has 2 aromatic heterocycles. The van der Waals surface area contributed by atoms with E-state index in [9.17, 15) is 8.42 Å². The van der Waals surface area contributed by atoms with Crippen LogP contribution in [0.2, 0.25) is 0 Å². The van der Waals surface area contributed by atoms with Crippen LogP contribution < -0.4 is 4.90 Å². The van der Waals surface area contributed by atoms with Crippen LogP contribution in [0.5, 0.6) is 0 Å². The molecule has 23 heavy (non-hydrogen) atoms. The van der Waals surface area contributed by atoms with Crippen LogP contribution in [0.15, 0.2) is 30.6 Å². The van der Waals surface area contributed by atoms with Crippen LogP contribution in [0.25, 0.3) is 11.4 Å². The van der Waals surface area contributed by atoms with Crippen molar-refractivity contribution in [3.8, 4) is 11.4 Å². The van der Waals surface area contributed by atoms with Gasteiger partial charge < -0.3 is 9.64 Å². The average Bonchev–Trinajstić information content (AvgIpc) is 2.61. The smallest absolute Gasteiger partial charge is 0.161 e. The second kappa shape index (κ2) is 7.47. The van der Waals surface area contributed by atoms with E-state index in [1.165, 1.54) is 0 Å². The van der Waals surface area contributed by atoms with Crippen molar-refractivity contribution in [2.45, 2.75) is 6.42 Å². The topological polar surface area (TPSA) is 85.3 Å². The van der Waals surface area contributed by atoms with Crippen LogP contribution in [0.3, 0.4) is 0 Å². The Kier molecular flexibility index (Phi) is 5.14. The molecule has 0 unspecified atom stereocenters. The minimum atomic E-state index is -2.42. The van der Waals surface area contributed by atoms with Gasteiger partial charge in [-0.05, 0) is 12.1 Å². The number of nitrogens with zero attached hydrogens (tertiary/aromatic N) is 4. The Bertz CT molecular complexity index is 723. The quantitative estimate of drug-likeness (QED) is 0.798. The molecular weight excluding hydrogens is 316 g/mol. The maximum atomic E-state index is 10.9. The summed E-state index contributed by atoms with van der Waals surface area (Å²) in [6, 6.07) is 5.56. The van der Waals surface area contributed by atoms with Crippen LogP contribution in [0.4, 0.5) is 5.82 Å². The lowest BCUT2D eigenvalue weighted by molar-refractivity contribution is 0.122. The molecule has 122 valence electrons. The number of ether oxygens (including phenoxy) is 1. The molecule has 0 spiro atoms. The van der Waals surface area contributed by atoms with Gasteiger partial charge in [0.2, 0.25) is 0 Å². The number of anilines is 1. The summed E-state index contributed by atoms with van der Waals surface area (Å²) in [5.41, 5.74) is 1.59. The predicted octanol–water partition coefficient (Wildman–Crippen LogP) is 0.529. The molecule has 0 bridgehead atoms. The first-order valence-electron chi connectivity index (χ1n) is 7.45. The minimum Gasteiger partial charge on any atom is -0.378 e. The highest BCUT2D eigenvalue weighted by molar-refractivity contribution is 7.72. The predicted molar refractivity (Wildman–Crippen MR) is 87.2 cm³/mol. The number of hydrogen-bond acceptors (Lipinski definition) is 7. The summed E-state index contributed by atoms with van der Waals surface area (Å²) in [5.74, 6) is 1.49. The summed E-state index contributed by atoms with van der Waals surface area (Å²) < 4.78 is 27.1. The van der Waals surface area contributed by atoms with Crippen molar-refractivity contribution in [1.82, 2.24) is 15.0 Å². The van der Waals surface area contributed by atoms with E-state index in [-0.39, 0.29) is 5.75 Å². The SMILES string of the molecule is O=[SH](=O)CCc1cc(N2CCOCC2)nc(-c2ccncc2)n1. The van der Waals surface area contributed by atoms with E-state index in [0.29, 0.717) is 25.5 Å². The van der Waals surface area contributed by atoms with E-state index in [1.807, 2.05) is 18.2 Å². The zero-order chi connectivity index (χ0) is 16.1. The molecule has 0 aromatic carbocycles. The fourth-order valence-corrected chi connectivity index (χ4v) is 2.81. The van der Waals surface area contributed by atoms with Crippen molar-refractivity contribution in [3.63, 3.8) is 0 Å². The van der Waals surface area contributed by atoms with Crippen LogP contribution in [0, 0.1) is 0 Å². The van der Waals surface area contributed by atoms with Crippen molar-refractivity contribution in [2.24, 2.45) is 0 Å². The fraction of sp³-hybridized carbons (Fsp3) is 0.400. The molecule has 3 heterocycles. The minimum absolute atomic E-state index is 0.0880.